The lowest BCUT2D eigenvalue weighted by molar-refractivity contribution is -0.119. The first-order valence-electron chi connectivity index (χ1n) is 16.8. The number of ether oxygens (including phenoxy) is 2. The lowest BCUT2D eigenvalue weighted by Gasteiger charge is -2.29. The molecule has 0 aliphatic carbocycles. The number of aromatic nitrogens is 2. The van der Waals surface area contributed by atoms with Crippen molar-refractivity contribution < 1.29 is 28.6 Å². The van der Waals surface area contributed by atoms with Crippen LogP contribution in [0, 0.1) is 12.7 Å². The Balaban J connectivity index is 1.41. The average molecular weight is 719 g/mol. The van der Waals surface area contributed by atoms with Gasteiger partial charge in [-0.15, -0.1) is 0 Å². The fraction of sp³-hybridized carbons (Fsp3) is 0.368. The maximum atomic E-state index is 15.4. The molecule has 0 spiro atoms. The highest BCUT2D eigenvalue weighted by Gasteiger charge is 2.29. The van der Waals surface area contributed by atoms with Crippen molar-refractivity contribution in [1.29, 1.82) is 0 Å². The number of aliphatic hydroxyl groups excluding tert-OH is 1. The molecule has 2 amide bonds. The SMILES string of the molecule is COc1nc(-c2ccnc(-c3cccc(Nc4cccc(CNCCO)c4F)c3C)c2Cl)ccc1CN(C[C@@H]1CCC(=O)N1)C(=O)OC(C)(C)C. The first kappa shape index (κ1) is 37.5. The molecule has 4 aromatic rings. The minimum absolute atomic E-state index is 0.0316. The Bertz CT molecular complexity index is 1880. The third-order valence-electron chi connectivity index (χ3n) is 8.38. The molecule has 1 saturated heterocycles. The normalized spacial score (nSPS) is 14.3. The van der Waals surface area contributed by atoms with Gasteiger partial charge in [0.15, 0.2) is 5.82 Å². The summed E-state index contributed by atoms with van der Waals surface area (Å²) in [5, 5.41) is 18.6. The number of rotatable bonds is 13. The number of carbonyl (C=O) groups is 2. The van der Waals surface area contributed by atoms with Gasteiger partial charge in [-0.2, -0.15) is 0 Å². The molecule has 2 aromatic carbocycles. The summed E-state index contributed by atoms with van der Waals surface area (Å²) in [5.74, 6) is -0.111. The van der Waals surface area contributed by atoms with Crippen molar-refractivity contribution in [1.82, 2.24) is 25.5 Å². The largest absolute Gasteiger partial charge is 0.481 e. The van der Waals surface area contributed by atoms with Crippen molar-refractivity contribution in [3.8, 4) is 28.4 Å². The Labute approximate surface area is 302 Å². The van der Waals surface area contributed by atoms with Gasteiger partial charge in [-0.25, -0.2) is 14.2 Å². The van der Waals surface area contributed by atoms with Crippen molar-refractivity contribution in [2.24, 2.45) is 0 Å². The minimum atomic E-state index is -0.704. The molecule has 1 fully saturated rings. The number of hydrogen-bond acceptors (Lipinski definition) is 9. The van der Waals surface area contributed by atoms with E-state index in [1.807, 2.05) is 37.3 Å². The lowest BCUT2D eigenvalue weighted by atomic mass is 10.0. The molecule has 3 heterocycles. The van der Waals surface area contributed by atoms with Crippen LogP contribution in [0.25, 0.3) is 22.5 Å². The standard InChI is InChI=1S/C38H44ClFN6O5/c1-23-27(9-7-10-29(23)44-31-11-6-8-24(34(31)40)20-41-18-19-47)35-33(39)28(16-17-42-35)30-14-12-25(36(45-30)50-5)21-46(37(49)51-38(2,3)4)22-26-13-15-32(48)43-26/h6-12,14,16-17,26,41,44,47H,13,15,18-22H2,1-5H3,(H,43,48)/t26-/m0/s1. The fourth-order valence-electron chi connectivity index (χ4n) is 5.85. The maximum Gasteiger partial charge on any atom is 0.410 e. The number of nitrogens with zero attached hydrogens (tertiary/aromatic N) is 3. The molecule has 0 saturated carbocycles. The van der Waals surface area contributed by atoms with Gasteiger partial charge < -0.3 is 35.4 Å². The van der Waals surface area contributed by atoms with E-state index in [4.69, 9.17) is 31.2 Å². The zero-order valence-corrected chi connectivity index (χ0v) is 30.2. The Morgan fingerprint density at radius 3 is 2.57 bits per heavy atom. The third-order valence-corrected chi connectivity index (χ3v) is 8.76. The molecule has 0 radical (unpaired) electrons. The molecule has 1 aliphatic heterocycles. The van der Waals surface area contributed by atoms with Gasteiger partial charge in [0, 0.05) is 66.2 Å². The van der Waals surface area contributed by atoms with Crippen LogP contribution in [0.1, 0.15) is 50.3 Å². The van der Waals surface area contributed by atoms with E-state index in [9.17, 15) is 9.59 Å². The fourth-order valence-corrected chi connectivity index (χ4v) is 6.16. The molecule has 0 bridgehead atoms. The van der Waals surface area contributed by atoms with Crippen molar-refractivity contribution in [2.45, 2.75) is 65.3 Å². The van der Waals surface area contributed by atoms with Crippen LogP contribution >= 0.6 is 11.6 Å². The highest BCUT2D eigenvalue weighted by atomic mass is 35.5. The summed E-state index contributed by atoms with van der Waals surface area (Å²) in [6.07, 6.45) is 2.19. The summed E-state index contributed by atoms with van der Waals surface area (Å²) in [5.41, 5.74) is 4.68. The number of hydrogen-bond donors (Lipinski definition) is 4. The van der Waals surface area contributed by atoms with Crippen LogP contribution in [0.15, 0.2) is 60.8 Å². The van der Waals surface area contributed by atoms with Crippen LogP contribution in [0.4, 0.5) is 20.6 Å². The Morgan fingerprint density at radius 1 is 1.10 bits per heavy atom. The predicted octanol–water partition coefficient (Wildman–Crippen LogP) is 6.76. The topological polar surface area (TPSA) is 138 Å². The second-order valence-corrected chi connectivity index (χ2v) is 13.7. The Hall–Kier alpha value is -4.78. The van der Waals surface area contributed by atoms with E-state index < -0.39 is 11.7 Å². The Kier molecular flexibility index (Phi) is 12.1. The van der Waals surface area contributed by atoms with Gasteiger partial charge in [-0.05, 0) is 70.0 Å². The van der Waals surface area contributed by atoms with Crippen LogP contribution in [0.3, 0.4) is 0 Å². The molecule has 5 rings (SSSR count). The van der Waals surface area contributed by atoms with E-state index in [1.165, 1.54) is 7.11 Å². The number of nitrogens with one attached hydrogen (secondary N) is 3. The number of aliphatic hydroxyl groups is 1. The van der Waals surface area contributed by atoms with E-state index in [2.05, 4.69) is 20.9 Å². The van der Waals surface area contributed by atoms with Crippen LogP contribution in [-0.2, 0) is 22.6 Å². The van der Waals surface area contributed by atoms with Crippen molar-refractivity contribution >= 4 is 35.0 Å². The monoisotopic (exact) mass is 718 g/mol. The molecule has 0 unspecified atom stereocenters. The average Bonchev–Trinajstić information content (AvgIpc) is 3.51. The highest BCUT2D eigenvalue weighted by molar-refractivity contribution is 6.35. The molecule has 1 aliphatic rings. The predicted molar refractivity (Wildman–Crippen MR) is 195 cm³/mol. The molecular formula is C38H44ClFN6O5. The lowest BCUT2D eigenvalue weighted by Crippen LogP contribution is -2.43. The third kappa shape index (κ3) is 9.32. The van der Waals surface area contributed by atoms with Gasteiger partial charge in [0.1, 0.15) is 5.60 Å². The van der Waals surface area contributed by atoms with Crippen molar-refractivity contribution in [3.05, 3.63) is 88.3 Å². The zero-order valence-electron chi connectivity index (χ0n) is 29.5. The number of benzene rings is 2. The van der Waals surface area contributed by atoms with Crippen LogP contribution in [0.5, 0.6) is 5.88 Å². The molecule has 4 N–H and O–H groups in total. The van der Waals surface area contributed by atoms with E-state index in [1.54, 1.807) is 56.1 Å². The van der Waals surface area contributed by atoms with E-state index in [0.29, 0.717) is 69.7 Å². The molecule has 11 nitrogen and oxygen atoms in total. The number of anilines is 2. The first-order chi connectivity index (χ1) is 24.4. The molecular weight excluding hydrogens is 675 g/mol. The summed E-state index contributed by atoms with van der Waals surface area (Å²) < 4.78 is 26.7. The van der Waals surface area contributed by atoms with E-state index in [-0.39, 0.29) is 44.0 Å². The van der Waals surface area contributed by atoms with Gasteiger partial charge in [0.25, 0.3) is 0 Å². The number of carbonyl (C=O) groups excluding carboxylic acids is 2. The molecule has 2 aromatic heterocycles. The molecule has 51 heavy (non-hydrogen) atoms. The van der Waals surface area contributed by atoms with Gasteiger partial charge in [0.2, 0.25) is 11.8 Å². The second-order valence-electron chi connectivity index (χ2n) is 13.3. The van der Waals surface area contributed by atoms with Crippen LogP contribution in [-0.4, -0.2) is 70.4 Å². The Morgan fingerprint density at radius 2 is 1.86 bits per heavy atom. The highest BCUT2D eigenvalue weighted by Crippen LogP contribution is 2.39. The summed E-state index contributed by atoms with van der Waals surface area (Å²) in [4.78, 5) is 36.0. The number of pyridine rings is 2. The first-order valence-corrected chi connectivity index (χ1v) is 17.2. The van der Waals surface area contributed by atoms with Gasteiger partial charge in [-0.1, -0.05) is 35.9 Å². The quantitative estimate of drug-likeness (QED) is 0.111. The van der Waals surface area contributed by atoms with Crippen LogP contribution < -0.4 is 20.7 Å². The summed E-state index contributed by atoms with van der Waals surface area (Å²) in [6.45, 7) is 8.37. The van der Waals surface area contributed by atoms with Crippen LogP contribution in [0.2, 0.25) is 5.02 Å². The van der Waals surface area contributed by atoms with Gasteiger partial charge in [0.05, 0.1) is 42.4 Å². The molecule has 270 valence electrons. The zero-order chi connectivity index (χ0) is 36.7. The smallest absolute Gasteiger partial charge is 0.410 e. The molecule has 1 atom stereocenters. The van der Waals surface area contributed by atoms with E-state index in [0.717, 1.165) is 11.1 Å². The minimum Gasteiger partial charge on any atom is -0.481 e. The molecule has 13 heteroatoms. The maximum absolute atomic E-state index is 15.4. The number of halogens is 2. The van der Waals surface area contributed by atoms with Crippen molar-refractivity contribution in [3.63, 3.8) is 0 Å². The van der Waals surface area contributed by atoms with Gasteiger partial charge in [-0.3, -0.25) is 9.78 Å². The summed E-state index contributed by atoms with van der Waals surface area (Å²) in [7, 11) is 1.51. The second kappa shape index (κ2) is 16.5. The number of methoxy groups -OCH3 is 1. The van der Waals surface area contributed by atoms with Crippen molar-refractivity contribution in [2.75, 3.05) is 32.1 Å². The van der Waals surface area contributed by atoms with Gasteiger partial charge >= 0.3 is 6.09 Å². The number of amides is 2. The summed E-state index contributed by atoms with van der Waals surface area (Å²) >= 11 is 7.05. The van der Waals surface area contributed by atoms with E-state index >= 15 is 4.39 Å². The summed E-state index contributed by atoms with van der Waals surface area (Å²) in [6, 6.07) is 16.0.